The van der Waals surface area contributed by atoms with Crippen molar-refractivity contribution < 1.29 is 9.53 Å². The van der Waals surface area contributed by atoms with E-state index < -0.39 is 0 Å². The second-order valence-corrected chi connectivity index (χ2v) is 4.08. The summed E-state index contributed by atoms with van der Waals surface area (Å²) >= 11 is 6.05. The van der Waals surface area contributed by atoms with Gasteiger partial charge in [-0.25, -0.2) is 4.79 Å². The lowest BCUT2D eigenvalue weighted by atomic mass is 10.2. The van der Waals surface area contributed by atoms with Gasteiger partial charge in [0.15, 0.2) is 0 Å². The largest absolute Gasteiger partial charge is 0.465 e. The Labute approximate surface area is 110 Å². The van der Waals surface area contributed by atoms with Gasteiger partial charge in [0.1, 0.15) is 0 Å². The molecule has 0 aliphatic rings. The highest BCUT2D eigenvalue weighted by Gasteiger charge is 2.06. The quantitative estimate of drug-likeness (QED) is 0.853. The van der Waals surface area contributed by atoms with Crippen LogP contribution in [-0.4, -0.2) is 13.1 Å². The molecule has 0 heterocycles. The second-order valence-electron chi connectivity index (χ2n) is 3.68. The maximum atomic E-state index is 11.4. The molecule has 0 aliphatic carbocycles. The number of nitrogens with one attached hydrogen (secondary N) is 1. The minimum Gasteiger partial charge on any atom is -0.465 e. The van der Waals surface area contributed by atoms with Crippen LogP contribution in [0.1, 0.15) is 10.4 Å². The number of hydrogen-bond donors (Lipinski definition) is 1. The van der Waals surface area contributed by atoms with E-state index in [1.165, 1.54) is 7.11 Å². The number of ether oxygens (including phenoxy) is 1. The summed E-state index contributed by atoms with van der Waals surface area (Å²) in [5, 5.41) is 3.78. The molecular formula is C14H12ClNO2. The van der Waals surface area contributed by atoms with E-state index in [0.29, 0.717) is 10.6 Å². The zero-order chi connectivity index (χ0) is 13.0. The lowest BCUT2D eigenvalue weighted by Crippen LogP contribution is -2.01. The third kappa shape index (κ3) is 2.81. The van der Waals surface area contributed by atoms with E-state index in [1.807, 2.05) is 24.3 Å². The standard InChI is InChI=1S/C14H12ClNO2/c1-18-14(17)10-5-4-6-11(9-10)16-13-8-3-2-7-12(13)15/h2-9,16H,1H3. The summed E-state index contributed by atoms with van der Waals surface area (Å²) in [6, 6.07) is 14.5. The molecule has 4 heteroatoms. The number of halogens is 1. The summed E-state index contributed by atoms with van der Waals surface area (Å²) in [7, 11) is 1.36. The third-order valence-electron chi connectivity index (χ3n) is 2.44. The van der Waals surface area contributed by atoms with Crippen molar-refractivity contribution in [2.75, 3.05) is 12.4 Å². The second kappa shape index (κ2) is 5.56. The molecule has 0 aliphatic heterocycles. The molecule has 0 saturated carbocycles. The van der Waals surface area contributed by atoms with E-state index in [0.717, 1.165) is 11.4 Å². The van der Waals surface area contributed by atoms with Gasteiger partial charge < -0.3 is 10.1 Å². The molecule has 0 unspecified atom stereocenters. The van der Waals surface area contributed by atoms with Gasteiger partial charge in [0, 0.05) is 5.69 Å². The number of carbonyl (C=O) groups excluding carboxylic acids is 1. The van der Waals surface area contributed by atoms with Crippen molar-refractivity contribution in [3.05, 3.63) is 59.1 Å². The van der Waals surface area contributed by atoms with Gasteiger partial charge in [-0.1, -0.05) is 29.8 Å². The fourth-order valence-electron chi connectivity index (χ4n) is 1.56. The van der Waals surface area contributed by atoms with Crippen LogP contribution in [0.3, 0.4) is 0 Å². The molecule has 2 aromatic carbocycles. The minimum absolute atomic E-state index is 0.363. The Bertz CT molecular complexity index is 569. The zero-order valence-electron chi connectivity index (χ0n) is 9.81. The predicted molar refractivity (Wildman–Crippen MR) is 72.5 cm³/mol. The maximum Gasteiger partial charge on any atom is 0.337 e. The smallest absolute Gasteiger partial charge is 0.337 e. The first-order valence-corrected chi connectivity index (χ1v) is 5.78. The highest BCUT2D eigenvalue weighted by Crippen LogP contribution is 2.25. The monoisotopic (exact) mass is 261 g/mol. The number of benzene rings is 2. The molecule has 0 spiro atoms. The Morgan fingerprint density at radius 1 is 1.17 bits per heavy atom. The van der Waals surface area contributed by atoms with Crippen LogP contribution in [0.5, 0.6) is 0 Å². The Balaban J connectivity index is 2.25. The summed E-state index contributed by atoms with van der Waals surface area (Å²) < 4.78 is 4.67. The summed E-state index contributed by atoms with van der Waals surface area (Å²) in [6.45, 7) is 0. The van der Waals surface area contributed by atoms with Crippen LogP contribution >= 0.6 is 11.6 Å². The first kappa shape index (κ1) is 12.5. The normalized spacial score (nSPS) is 9.89. The van der Waals surface area contributed by atoms with Gasteiger partial charge in [-0.3, -0.25) is 0 Å². The molecule has 1 N–H and O–H groups in total. The van der Waals surface area contributed by atoms with Crippen molar-refractivity contribution in [3.8, 4) is 0 Å². The molecule has 92 valence electrons. The van der Waals surface area contributed by atoms with E-state index in [-0.39, 0.29) is 5.97 Å². The summed E-state index contributed by atoms with van der Waals surface area (Å²) in [5.74, 6) is -0.363. The van der Waals surface area contributed by atoms with Gasteiger partial charge in [-0.05, 0) is 30.3 Å². The third-order valence-corrected chi connectivity index (χ3v) is 2.77. The molecule has 18 heavy (non-hydrogen) atoms. The van der Waals surface area contributed by atoms with E-state index in [1.54, 1.807) is 24.3 Å². The zero-order valence-corrected chi connectivity index (χ0v) is 10.6. The lowest BCUT2D eigenvalue weighted by Gasteiger charge is -2.09. The van der Waals surface area contributed by atoms with Crippen molar-refractivity contribution in [2.24, 2.45) is 0 Å². The molecule has 0 bridgehead atoms. The van der Waals surface area contributed by atoms with Crippen molar-refractivity contribution >= 4 is 28.9 Å². The fraction of sp³-hybridized carbons (Fsp3) is 0.0714. The Hall–Kier alpha value is -2.00. The first-order valence-electron chi connectivity index (χ1n) is 5.40. The van der Waals surface area contributed by atoms with Crippen LogP contribution in [0, 0.1) is 0 Å². The van der Waals surface area contributed by atoms with Gasteiger partial charge >= 0.3 is 5.97 Å². The Morgan fingerprint density at radius 3 is 2.67 bits per heavy atom. The van der Waals surface area contributed by atoms with Crippen LogP contribution in [0.4, 0.5) is 11.4 Å². The average Bonchev–Trinajstić information content (AvgIpc) is 2.41. The minimum atomic E-state index is -0.363. The lowest BCUT2D eigenvalue weighted by molar-refractivity contribution is 0.0601. The maximum absolute atomic E-state index is 11.4. The number of anilines is 2. The molecule has 0 amide bonds. The van der Waals surface area contributed by atoms with E-state index in [4.69, 9.17) is 11.6 Å². The molecule has 2 rings (SSSR count). The number of rotatable bonds is 3. The van der Waals surface area contributed by atoms with Crippen LogP contribution in [0.25, 0.3) is 0 Å². The molecule has 0 fully saturated rings. The van der Waals surface area contributed by atoms with Crippen molar-refractivity contribution in [1.29, 1.82) is 0 Å². The van der Waals surface area contributed by atoms with Crippen LogP contribution < -0.4 is 5.32 Å². The summed E-state index contributed by atoms with van der Waals surface area (Å²) in [4.78, 5) is 11.4. The van der Waals surface area contributed by atoms with Crippen molar-refractivity contribution in [1.82, 2.24) is 0 Å². The van der Waals surface area contributed by atoms with Crippen LogP contribution in [0.15, 0.2) is 48.5 Å². The van der Waals surface area contributed by atoms with Gasteiger partial charge in [-0.2, -0.15) is 0 Å². The molecule has 0 saturated heterocycles. The van der Waals surface area contributed by atoms with E-state index in [9.17, 15) is 4.79 Å². The molecular weight excluding hydrogens is 250 g/mol. The number of para-hydroxylation sites is 1. The first-order chi connectivity index (χ1) is 8.70. The Kier molecular flexibility index (Phi) is 3.85. The predicted octanol–water partition coefficient (Wildman–Crippen LogP) is 3.87. The summed E-state index contributed by atoms with van der Waals surface area (Å²) in [5.41, 5.74) is 2.07. The Morgan fingerprint density at radius 2 is 1.94 bits per heavy atom. The van der Waals surface area contributed by atoms with Crippen LogP contribution in [-0.2, 0) is 4.74 Å². The summed E-state index contributed by atoms with van der Waals surface area (Å²) in [6.07, 6.45) is 0. The number of methoxy groups -OCH3 is 1. The molecule has 0 atom stereocenters. The van der Waals surface area contributed by atoms with Gasteiger partial charge in [-0.15, -0.1) is 0 Å². The number of carbonyl (C=O) groups is 1. The van der Waals surface area contributed by atoms with E-state index >= 15 is 0 Å². The number of hydrogen-bond acceptors (Lipinski definition) is 3. The van der Waals surface area contributed by atoms with Gasteiger partial charge in [0.2, 0.25) is 0 Å². The highest BCUT2D eigenvalue weighted by molar-refractivity contribution is 6.33. The SMILES string of the molecule is COC(=O)c1cccc(Nc2ccccc2Cl)c1. The van der Waals surface area contributed by atoms with E-state index in [2.05, 4.69) is 10.1 Å². The van der Waals surface area contributed by atoms with Crippen molar-refractivity contribution in [2.45, 2.75) is 0 Å². The average molecular weight is 262 g/mol. The topological polar surface area (TPSA) is 38.3 Å². The molecule has 2 aromatic rings. The van der Waals surface area contributed by atoms with Crippen molar-refractivity contribution in [3.63, 3.8) is 0 Å². The molecule has 0 aromatic heterocycles. The number of esters is 1. The van der Waals surface area contributed by atoms with Gasteiger partial charge in [0.05, 0.1) is 23.4 Å². The fourth-order valence-corrected chi connectivity index (χ4v) is 1.74. The van der Waals surface area contributed by atoms with Gasteiger partial charge in [0.25, 0.3) is 0 Å². The molecule has 0 radical (unpaired) electrons. The molecule has 3 nitrogen and oxygen atoms in total. The highest BCUT2D eigenvalue weighted by atomic mass is 35.5. The van der Waals surface area contributed by atoms with Crippen LogP contribution in [0.2, 0.25) is 5.02 Å².